The molecule has 7 nitrogen and oxygen atoms in total. The predicted molar refractivity (Wildman–Crippen MR) is 30.7 cm³/mol. The van der Waals surface area contributed by atoms with E-state index in [0.29, 0.717) is 0 Å². The van der Waals surface area contributed by atoms with Gasteiger partial charge in [0.05, 0.1) is 0 Å². The van der Waals surface area contributed by atoms with Gasteiger partial charge in [0, 0.05) is 0 Å². The fourth-order valence-corrected chi connectivity index (χ4v) is 0. The maximum Gasteiger partial charge on any atom is 0.503 e. The summed E-state index contributed by atoms with van der Waals surface area (Å²) in [4.78, 5) is 16.9. The average Bonchev–Trinajstić information content (AvgIpc) is 1.66. The van der Waals surface area contributed by atoms with Gasteiger partial charge >= 0.3 is 6.16 Å². The van der Waals surface area contributed by atoms with Crippen LogP contribution >= 0.6 is 0 Å². The van der Waals surface area contributed by atoms with Crippen molar-refractivity contribution in [3.63, 3.8) is 0 Å². The van der Waals surface area contributed by atoms with E-state index in [-0.39, 0.29) is 0 Å². The first-order chi connectivity index (χ1) is 4.46. The quantitative estimate of drug-likeness (QED) is 0.267. The summed E-state index contributed by atoms with van der Waals surface area (Å²) in [5.74, 6) is 0. The van der Waals surface area contributed by atoms with E-state index < -0.39 is 11.2 Å². The van der Waals surface area contributed by atoms with Gasteiger partial charge in [0.1, 0.15) is 0 Å². The minimum absolute atomic E-state index is 1.50. The Labute approximate surface area is 55.9 Å². The van der Waals surface area contributed by atoms with Crippen LogP contribution in [0.2, 0.25) is 0 Å². The Morgan fingerprint density at radius 1 is 1.40 bits per heavy atom. The van der Waals surface area contributed by atoms with Crippen molar-refractivity contribution in [2.75, 3.05) is 0 Å². The normalized spacial score (nSPS) is 5.20. The van der Waals surface area contributed by atoms with Crippen LogP contribution in [0, 0.1) is 10.1 Å². The van der Waals surface area contributed by atoms with Gasteiger partial charge in [0.15, 0.2) is 0 Å². The van der Waals surface area contributed by atoms with Crippen LogP contribution in [0.4, 0.5) is 4.79 Å². The molecule has 0 aromatic carbocycles. The highest BCUT2D eigenvalue weighted by Crippen LogP contribution is 1.42. The molecule has 0 bridgehead atoms. The highest BCUT2D eigenvalue weighted by molar-refractivity contribution is 5.53. The van der Waals surface area contributed by atoms with Gasteiger partial charge in [-0.15, -0.1) is 23.3 Å². The molecule has 0 fully saturated rings. The molecule has 0 aliphatic rings. The Kier molecular flexibility index (Phi) is 24.7. The van der Waals surface area contributed by atoms with Gasteiger partial charge in [-0.05, 0) is 0 Å². The van der Waals surface area contributed by atoms with E-state index in [1.807, 2.05) is 0 Å². The zero-order valence-corrected chi connectivity index (χ0v) is 4.93. The van der Waals surface area contributed by atoms with E-state index in [0.717, 1.165) is 0 Å². The lowest BCUT2D eigenvalue weighted by atomic mass is 11.3. The van der Waals surface area contributed by atoms with Crippen molar-refractivity contribution in [3.8, 4) is 0 Å². The smallest absolute Gasteiger partial charge is 0.450 e. The molecule has 10 heavy (non-hydrogen) atoms. The molecule has 0 aliphatic heterocycles. The van der Waals surface area contributed by atoms with Crippen molar-refractivity contribution >= 4 is 6.16 Å². The Hall–Kier alpha value is -1.79. The Morgan fingerprint density at radius 2 is 1.40 bits per heavy atom. The van der Waals surface area contributed by atoms with E-state index in [9.17, 15) is 0 Å². The SMILES string of the molecule is C=C.O=C(O)O.O=[N+]([O-])O. The molecule has 0 saturated heterocycles. The van der Waals surface area contributed by atoms with Gasteiger partial charge in [-0.1, -0.05) is 0 Å². The number of carboxylic acid groups (broad SMARTS) is 2. The molecule has 60 valence electrons. The van der Waals surface area contributed by atoms with Gasteiger partial charge < -0.3 is 15.4 Å². The van der Waals surface area contributed by atoms with Crippen LogP contribution in [0.3, 0.4) is 0 Å². The highest BCUT2D eigenvalue weighted by Gasteiger charge is 1.70. The maximum absolute atomic E-state index is 8.56. The summed E-state index contributed by atoms with van der Waals surface area (Å²) in [6.07, 6.45) is -1.83. The lowest BCUT2D eigenvalue weighted by Gasteiger charge is -1.60. The van der Waals surface area contributed by atoms with Crippen LogP contribution in [0.25, 0.3) is 0 Å². The van der Waals surface area contributed by atoms with Gasteiger partial charge in [-0.3, -0.25) is 0 Å². The van der Waals surface area contributed by atoms with Crippen molar-refractivity contribution in [2.24, 2.45) is 0 Å². The van der Waals surface area contributed by atoms with Crippen LogP contribution < -0.4 is 0 Å². The Balaban J connectivity index is -0.0000000787. The zero-order valence-electron chi connectivity index (χ0n) is 4.93. The van der Waals surface area contributed by atoms with Crippen LogP contribution in [-0.2, 0) is 0 Å². The lowest BCUT2D eigenvalue weighted by Crippen LogP contribution is -1.81. The van der Waals surface area contributed by atoms with E-state index >= 15 is 0 Å². The average molecular weight is 153 g/mol. The Morgan fingerprint density at radius 3 is 1.40 bits per heavy atom. The summed E-state index contributed by atoms with van der Waals surface area (Å²) >= 11 is 0. The molecule has 7 heteroatoms. The summed E-state index contributed by atoms with van der Waals surface area (Å²) in [7, 11) is 0. The van der Waals surface area contributed by atoms with Gasteiger partial charge in [0.25, 0.3) is 5.09 Å². The van der Waals surface area contributed by atoms with Gasteiger partial charge in [-0.2, -0.15) is 0 Å². The van der Waals surface area contributed by atoms with Crippen molar-refractivity contribution in [3.05, 3.63) is 23.3 Å². The third-order valence-corrected chi connectivity index (χ3v) is 0. The summed E-state index contributed by atoms with van der Waals surface area (Å²) in [6, 6.07) is 0. The number of carbonyl (C=O) groups is 1. The predicted octanol–water partition coefficient (Wildman–Crippen LogP) is 0.677. The number of hydrogen-bond acceptors (Lipinski definition) is 3. The molecule has 0 aromatic rings. The van der Waals surface area contributed by atoms with Crippen LogP contribution in [-0.4, -0.2) is 26.7 Å². The molecule has 0 aromatic heterocycles. The Bertz CT molecular complexity index is 81.2. The van der Waals surface area contributed by atoms with Crippen LogP contribution in [0.15, 0.2) is 13.2 Å². The van der Waals surface area contributed by atoms with Crippen LogP contribution in [0.5, 0.6) is 0 Å². The molecule has 3 N–H and O–H groups in total. The summed E-state index contributed by atoms with van der Waals surface area (Å²) in [5, 5.41) is 27.6. The van der Waals surface area contributed by atoms with E-state index in [4.69, 9.17) is 30.3 Å². The van der Waals surface area contributed by atoms with Gasteiger partial charge in [-0.25, -0.2) is 4.79 Å². The second kappa shape index (κ2) is 15.7. The van der Waals surface area contributed by atoms with E-state index in [1.165, 1.54) is 0 Å². The molecule has 0 unspecified atom stereocenters. The molecule has 0 radical (unpaired) electrons. The zero-order chi connectivity index (χ0) is 9.15. The summed E-state index contributed by atoms with van der Waals surface area (Å²) in [6.45, 7) is 6.00. The van der Waals surface area contributed by atoms with Crippen molar-refractivity contribution in [1.82, 2.24) is 0 Å². The van der Waals surface area contributed by atoms with Gasteiger partial charge in [0.2, 0.25) is 0 Å². The third kappa shape index (κ3) is 52.6. The molecular weight excluding hydrogens is 146 g/mol. The minimum Gasteiger partial charge on any atom is -0.450 e. The van der Waals surface area contributed by atoms with Crippen molar-refractivity contribution < 1.29 is 25.3 Å². The third-order valence-electron chi connectivity index (χ3n) is 0. The number of hydrogen-bond donors (Lipinski definition) is 3. The molecule has 0 amide bonds. The minimum atomic E-state index is -1.83. The first-order valence-electron chi connectivity index (χ1n) is 1.72. The fourth-order valence-electron chi connectivity index (χ4n) is 0. The molecular formula is C3H7NO6. The van der Waals surface area contributed by atoms with E-state index in [2.05, 4.69) is 13.2 Å². The number of rotatable bonds is 0. The highest BCUT2D eigenvalue weighted by atomic mass is 16.9. The first kappa shape index (κ1) is 15.7. The largest absolute Gasteiger partial charge is 0.503 e. The topological polar surface area (TPSA) is 121 Å². The monoisotopic (exact) mass is 153 g/mol. The number of nitrogens with zero attached hydrogens (tertiary/aromatic N) is 1. The molecule has 0 aliphatic carbocycles. The molecule has 0 spiro atoms. The molecule has 0 saturated carbocycles. The van der Waals surface area contributed by atoms with Crippen LogP contribution in [0.1, 0.15) is 0 Å². The van der Waals surface area contributed by atoms with Crippen molar-refractivity contribution in [2.45, 2.75) is 0 Å². The summed E-state index contributed by atoms with van der Waals surface area (Å²) < 4.78 is 0. The second-order valence-corrected chi connectivity index (χ2v) is 0.520. The lowest BCUT2D eigenvalue weighted by molar-refractivity contribution is -0.742. The van der Waals surface area contributed by atoms with Crippen molar-refractivity contribution in [1.29, 1.82) is 0 Å². The fraction of sp³-hybridized carbons (Fsp3) is 0. The molecule has 0 rings (SSSR count). The molecule has 0 heterocycles. The standard InChI is InChI=1S/C2H4.CH2O3.HNO3/c1-2;2*2-1(3)4/h1-2H2;(H2,2,3,4);(H,2,3,4). The summed E-state index contributed by atoms with van der Waals surface area (Å²) in [5.41, 5.74) is 0. The molecule has 0 atom stereocenters. The first-order valence-corrected chi connectivity index (χ1v) is 1.72. The maximum atomic E-state index is 8.56. The second-order valence-electron chi connectivity index (χ2n) is 0.520. The van der Waals surface area contributed by atoms with E-state index in [1.54, 1.807) is 0 Å².